The Labute approximate surface area is 159 Å². The normalized spacial score (nSPS) is 15.8. The molecule has 144 valence electrons. The van der Waals surface area contributed by atoms with E-state index in [1.807, 2.05) is 0 Å². The first-order valence-electron chi connectivity index (χ1n) is 9.08. The Morgan fingerprint density at radius 1 is 1.39 bits per heavy atom. The van der Waals surface area contributed by atoms with Crippen LogP contribution < -0.4 is 20.7 Å². The zero-order chi connectivity index (χ0) is 19.1. The van der Waals surface area contributed by atoms with Crippen LogP contribution in [0, 0.1) is 11.7 Å². The third-order valence-corrected chi connectivity index (χ3v) is 5.11. The molecule has 0 saturated carbocycles. The molecule has 0 unspecified atom stereocenters. The van der Waals surface area contributed by atoms with E-state index >= 15 is 0 Å². The van der Waals surface area contributed by atoms with Gasteiger partial charge in [0.2, 0.25) is 11.9 Å². The fourth-order valence-electron chi connectivity index (χ4n) is 3.42. The summed E-state index contributed by atoms with van der Waals surface area (Å²) in [6.07, 6.45) is 3.71. The zero-order valence-electron chi connectivity index (χ0n) is 14.9. The molecule has 2 aliphatic rings. The average molecular weight is 383 g/mol. The van der Waals surface area contributed by atoms with Gasteiger partial charge in [-0.3, -0.25) is 4.79 Å². The first kappa shape index (κ1) is 16.9. The van der Waals surface area contributed by atoms with Gasteiger partial charge in [-0.1, -0.05) is 0 Å². The molecule has 4 heterocycles. The van der Waals surface area contributed by atoms with Gasteiger partial charge in [-0.05, 0) is 12.1 Å². The second-order valence-corrected chi connectivity index (χ2v) is 6.82. The number of halogens is 1. The van der Waals surface area contributed by atoms with Crippen molar-refractivity contribution in [3.63, 3.8) is 0 Å². The summed E-state index contributed by atoms with van der Waals surface area (Å²) in [5.41, 5.74) is 2.40. The van der Waals surface area contributed by atoms with Crippen molar-refractivity contribution >= 4 is 23.2 Å². The monoisotopic (exact) mass is 383 g/mol. The van der Waals surface area contributed by atoms with Crippen LogP contribution >= 0.6 is 0 Å². The molecule has 1 saturated heterocycles. The van der Waals surface area contributed by atoms with Gasteiger partial charge in [-0.2, -0.15) is 0 Å². The molecule has 1 amide bonds. The number of nitrogens with zero attached hydrogens (tertiary/aromatic N) is 4. The number of amides is 1. The SMILES string of the molecule is O=C(Nc1cnc(NCc2c(F)ccc3c2CCO3)n2cnnc12)C1CNC1. The molecular weight excluding hydrogens is 365 g/mol. The fourth-order valence-corrected chi connectivity index (χ4v) is 3.42. The summed E-state index contributed by atoms with van der Waals surface area (Å²) in [6.45, 7) is 2.14. The number of anilines is 2. The smallest absolute Gasteiger partial charge is 0.230 e. The fraction of sp³-hybridized carbons (Fsp3) is 0.333. The number of ether oxygens (including phenoxy) is 1. The lowest BCUT2D eigenvalue weighted by Crippen LogP contribution is -2.48. The molecule has 10 heteroatoms. The molecule has 2 aliphatic heterocycles. The van der Waals surface area contributed by atoms with Crippen molar-refractivity contribution in [2.24, 2.45) is 5.92 Å². The van der Waals surface area contributed by atoms with Gasteiger partial charge in [0, 0.05) is 37.2 Å². The molecule has 2 aromatic heterocycles. The molecule has 9 nitrogen and oxygen atoms in total. The van der Waals surface area contributed by atoms with Crippen molar-refractivity contribution < 1.29 is 13.9 Å². The molecule has 1 aromatic carbocycles. The maximum atomic E-state index is 14.3. The van der Waals surface area contributed by atoms with Crippen molar-refractivity contribution in [3.05, 3.63) is 41.6 Å². The molecule has 28 heavy (non-hydrogen) atoms. The molecule has 0 atom stereocenters. The quantitative estimate of drug-likeness (QED) is 0.603. The zero-order valence-corrected chi connectivity index (χ0v) is 14.9. The highest BCUT2D eigenvalue weighted by Gasteiger charge is 2.26. The van der Waals surface area contributed by atoms with E-state index in [1.54, 1.807) is 10.5 Å². The van der Waals surface area contributed by atoms with Crippen molar-refractivity contribution in [3.8, 4) is 5.75 Å². The Kier molecular flexibility index (Phi) is 4.05. The number of carbonyl (C=O) groups is 1. The minimum Gasteiger partial charge on any atom is -0.493 e. The van der Waals surface area contributed by atoms with Crippen LogP contribution in [0.1, 0.15) is 11.1 Å². The highest BCUT2D eigenvalue weighted by molar-refractivity contribution is 5.96. The summed E-state index contributed by atoms with van der Waals surface area (Å²) in [4.78, 5) is 16.6. The van der Waals surface area contributed by atoms with Crippen LogP contribution in [0.3, 0.4) is 0 Å². The average Bonchev–Trinajstić information content (AvgIpc) is 3.30. The molecule has 3 N–H and O–H groups in total. The summed E-state index contributed by atoms with van der Waals surface area (Å²) in [6, 6.07) is 3.07. The summed E-state index contributed by atoms with van der Waals surface area (Å²) < 4.78 is 21.5. The number of carbonyl (C=O) groups excluding carboxylic acids is 1. The third kappa shape index (κ3) is 2.82. The molecule has 0 radical (unpaired) electrons. The van der Waals surface area contributed by atoms with Gasteiger partial charge in [0.1, 0.15) is 23.6 Å². The van der Waals surface area contributed by atoms with Gasteiger partial charge < -0.3 is 20.7 Å². The Hall–Kier alpha value is -3.27. The van der Waals surface area contributed by atoms with E-state index in [2.05, 4.69) is 31.1 Å². The molecule has 0 aliphatic carbocycles. The van der Waals surface area contributed by atoms with Gasteiger partial charge in [-0.25, -0.2) is 13.8 Å². The maximum Gasteiger partial charge on any atom is 0.230 e. The van der Waals surface area contributed by atoms with Crippen LogP contribution in [0.2, 0.25) is 0 Å². The number of fused-ring (bicyclic) bond motifs is 2. The van der Waals surface area contributed by atoms with E-state index in [4.69, 9.17) is 4.74 Å². The number of benzene rings is 1. The molecule has 0 spiro atoms. The van der Waals surface area contributed by atoms with Crippen LogP contribution in [-0.4, -0.2) is 45.2 Å². The molecule has 5 rings (SSSR count). The second-order valence-electron chi connectivity index (χ2n) is 6.82. The van der Waals surface area contributed by atoms with E-state index in [0.717, 1.165) is 11.3 Å². The van der Waals surface area contributed by atoms with Gasteiger partial charge in [0.25, 0.3) is 0 Å². The number of nitrogens with one attached hydrogen (secondary N) is 3. The topological polar surface area (TPSA) is 105 Å². The Morgan fingerprint density at radius 2 is 2.29 bits per heavy atom. The molecule has 0 bridgehead atoms. The summed E-state index contributed by atoms with van der Waals surface area (Å²) >= 11 is 0. The maximum absolute atomic E-state index is 14.3. The summed E-state index contributed by atoms with van der Waals surface area (Å²) in [5, 5.41) is 17.0. The van der Waals surface area contributed by atoms with Gasteiger partial charge in [-0.15, -0.1) is 10.2 Å². The lowest BCUT2D eigenvalue weighted by Gasteiger charge is -2.25. The Morgan fingerprint density at radius 3 is 3.11 bits per heavy atom. The second kappa shape index (κ2) is 6.71. The minimum atomic E-state index is -0.283. The minimum absolute atomic E-state index is 0.0499. The number of hydrogen-bond donors (Lipinski definition) is 3. The summed E-state index contributed by atoms with van der Waals surface area (Å²) in [5.74, 6) is 0.775. The van der Waals surface area contributed by atoms with Crippen LogP contribution in [0.5, 0.6) is 5.75 Å². The number of rotatable bonds is 5. The van der Waals surface area contributed by atoms with Crippen LogP contribution in [0.4, 0.5) is 16.0 Å². The van der Waals surface area contributed by atoms with Gasteiger partial charge in [0.15, 0.2) is 5.65 Å². The highest BCUT2D eigenvalue weighted by atomic mass is 19.1. The van der Waals surface area contributed by atoms with Crippen molar-refractivity contribution in [1.29, 1.82) is 0 Å². The van der Waals surface area contributed by atoms with Crippen LogP contribution in [-0.2, 0) is 17.8 Å². The first-order valence-corrected chi connectivity index (χ1v) is 9.08. The van der Waals surface area contributed by atoms with Crippen molar-refractivity contribution in [2.75, 3.05) is 30.3 Å². The van der Waals surface area contributed by atoms with Crippen LogP contribution in [0.25, 0.3) is 5.65 Å². The highest BCUT2D eigenvalue weighted by Crippen LogP contribution is 2.30. The van der Waals surface area contributed by atoms with Gasteiger partial charge in [0.05, 0.1) is 18.7 Å². The van der Waals surface area contributed by atoms with E-state index < -0.39 is 0 Å². The molecule has 1 fully saturated rings. The lowest BCUT2D eigenvalue weighted by atomic mass is 10.0. The van der Waals surface area contributed by atoms with E-state index in [-0.39, 0.29) is 24.2 Å². The standard InChI is InChI=1S/C18H18FN7O2/c19-13-1-2-15-11(3-4-28-15)12(13)7-21-18-22-8-14(16-25-23-9-26(16)18)24-17(27)10-5-20-6-10/h1-2,8-10,20H,3-7H2,(H,21,22)(H,24,27). The molecule has 3 aromatic rings. The van der Waals surface area contributed by atoms with E-state index in [0.29, 0.717) is 49.0 Å². The Bertz CT molecular complexity index is 1060. The van der Waals surface area contributed by atoms with Crippen molar-refractivity contribution in [1.82, 2.24) is 24.9 Å². The Balaban J connectivity index is 1.39. The predicted molar refractivity (Wildman–Crippen MR) is 98.7 cm³/mol. The largest absolute Gasteiger partial charge is 0.493 e. The van der Waals surface area contributed by atoms with Gasteiger partial charge >= 0.3 is 0 Å². The lowest BCUT2D eigenvalue weighted by molar-refractivity contribution is -0.121. The van der Waals surface area contributed by atoms with Crippen LogP contribution in [0.15, 0.2) is 24.7 Å². The van der Waals surface area contributed by atoms with Crippen molar-refractivity contribution in [2.45, 2.75) is 13.0 Å². The number of aromatic nitrogens is 4. The van der Waals surface area contributed by atoms with E-state index in [1.165, 1.54) is 18.6 Å². The third-order valence-electron chi connectivity index (χ3n) is 5.11. The predicted octanol–water partition coefficient (Wildman–Crippen LogP) is 0.968. The molecular formula is C18H18FN7O2. The van der Waals surface area contributed by atoms with E-state index in [9.17, 15) is 9.18 Å². The first-order chi connectivity index (χ1) is 13.7. The number of hydrogen-bond acceptors (Lipinski definition) is 7. The summed E-state index contributed by atoms with van der Waals surface area (Å²) in [7, 11) is 0.